The molecule has 2 rings (SSSR count). The van der Waals surface area contributed by atoms with Gasteiger partial charge in [-0.15, -0.1) is 0 Å². The lowest BCUT2D eigenvalue weighted by molar-refractivity contribution is 0.304. The molecule has 1 N–H and O–H groups in total. The van der Waals surface area contributed by atoms with Crippen molar-refractivity contribution in [2.75, 3.05) is 7.05 Å². The molecule has 4 heteroatoms. The van der Waals surface area contributed by atoms with Gasteiger partial charge in [0.1, 0.15) is 18.2 Å². The molecule has 0 fully saturated rings. The first-order chi connectivity index (χ1) is 9.61. The van der Waals surface area contributed by atoms with Gasteiger partial charge in [0.25, 0.3) is 0 Å². The van der Waals surface area contributed by atoms with Crippen LogP contribution in [0.5, 0.6) is 5.75 Å². The lowest BCUT2D eigenvalue weighted by atomic mass is 10.1. The summed E-state index contributed by atoms with van der Waals surface area (Å²) >= 11 is 3.23. The van der Waals surface area contributed by atoms with Gasteiger partial charge in [0.05, 0.1) is 4.47 Å². The predicted octanol–water partition coefficient (Wildman–Crippen LogP) is 4.45. The Morgan fingerprint density at radius 1 is 1.20 bits per heavy atom. The Morgan fingerprint density at radius 3 is 2.55 bits per heavy atom. The van der Waals surface area contributed by atoms with Gasteiger partial charge in [-0.3, -0.25) is 0 Å². The van der Waals surface area contributed by atoms with Crippen LogP contribution in [0.25, 0.3) is 0 Å². The zero-order valence-electron chi connectivity index (χ0n) is 11.5. The summed E-state index contributed by atoms with van der Waals surface area (Å²) in [5.74, 6) is 0.498. The summed E-state index contributed by atoms with van der Waals surface area (Å²) < 4.78 is 19.5. The topological polar surface area (TPSA) is 21.3 Å². The Morgan fingerprint density at radius 2 is 1.90 bits per heavy atom. The van der Waals surface area contributed by atoms with Crippen molar-refractivity contribution in [1.82, 2.24) is 5.32 Å². The van der Waals surface area contributed by atoms with Gasteiger partial charge in [-0.05, 0) is 53.7 Å². The summed E-state index contributed by atoms with van der Waals surface area (Å²) in [4.78, 5) is 0. The largest absolute Gasteiger partial charge is 0.489 e. The Balaban J connectivity index is 2.02. The van der Waals surface area contributed by atoms with Crippen molar-refractivity contribution in [2.45, 2.75) is 19.6 Å². The zero-order chi connectivity index (χ0) is 14.5. The molecule has 106 valence electrons. The molecule has 1 atom stereocenters. The average Bonchev–Trinajstić information content (AvgIpc) is 2.48. The van der Waals surface area contributed by atoms with Crippen molar-refractivity contribution in [3.8, 4) is 5.75 Å². The molecule has 0 aliphatic rings. The SMILES string of the molecule is CNC(C)c1ccc(OCc2cccc(F)c2Br)cc1. The summed E-state index contributed by atoms with van der Waals surface area (Å²) in [5.41, 5.74) is 1.99. The van der Waals surface area contributed by atoms with E-state index >= 15 is 0 Å². The molecule has 2 aromatic carbocycles. The maximum Gasteiger partial charge on any atom is 0.137 e. The van der Waals surface area contributed by atoms with Crippen LogP contribution in [0.4, 0.5) is 4.39 Å². The highest BCUT2D eigenvalue weighted by atomic mass is 79.9. The Bertz CT molecular complexity index is 571. The summed E-state index contributed by atoms with van der Waals surface area (Å²) in [5, 5.41) is 3.18. The van der Waals surface area contributed by atoms with E-state index in [-0.39, 0.29) is 5.82 Å². The second-order valence-electron chi connectivity index (χ2n) is 4.58. The fraction of sp³-hybridized carbons (Fsp3) is 0.250. The summed E-state index contributed by atoms with van der Waals surface area (Å²) in [7, 11) is 1.93. The Labute approximate surface area is 127 Å². The lowest BCUT2D eigenvalue weighted by Crippen LogP contribution is -2.11. The van der Waals surface area contributed by atoms with Crippen LogP contribution in [-0.2, 0) is 6.61 Å². The first-order valence-corrected chi connectivity index (χ1v) is 7.24. The van der Waals surface area contributed by atoms with Gasteiger partial charge < -0.3 is 10.1 Å². The van der Waals surface area contributed by atoms with E-state index in [0.29, 0.717) is 17.1 Å². The molecule has 0 amide bonds. The Kier molecular flexibility index (Phi) is 5.15. The van der Waals surface area contributed by atoms with E-state index < -0.39 is 0 Å². The minimum Gasteiger partial charge on any atom is -0.489 e. The van der Waals surface area contributed by atoms with Gasteiger partial charge >= 0.3 is 0 Å². The molecule has 0 aliphatic heterocycles. The van der Waals surface area contributed by atoms with Crippen LogP contribution in [0.3, 0.4) is 0 Å². The number of halogens is 2. The van der Waals surface area contributed by atoms with Gasteiger partial charge in [0.2, 0.25) is 0 Å². The highest BCUT2D eigenvalue weighted by Gasteiger charge is 2.06. The molecular weight excluding hydrogens is 321 g/mol. The van der Waals surface area contributed by atoms with Gasteiger partial charge in [0.15, 0.2) is 0 Å². The van der Waals surface area contributed by atoms with Crippen LogP contribution >= 0.6 is 15.9 Å². The first kappa shape index (κ1) is 15.0. The van der Waals surface area contributed by atoms with Crippen LogP contribution < -0.4 is 10.1 Å². The summed E-state index contributed by atoms with van der Waals surface area (Å²) in [6.45, 7) is 2.43. The quantitative estimate of drug-likeness (QED) is 0.870. The van der Waals surface area contributed by atoms with Crippen LogP contribution in [0.2, 0.25) is 0 Å². The fourth-order valence-corrected chi connectivity index (χ4v) is 2.22. The maximum atomic E-state index is 13.4. The number of ether oxygens (including phenoxy) is 1. The van der Waals surface area contributed by atoms with Crippen molar-refractivity contribution in [3.05, 3.63) is 63.9 Å². The van der Waals surface area contributed by atoms with Crippen molar-refractivity contribution >= 4 is 15.9 Å². The smallest absolute Gasteiger partial charge is 0.137 e. The molecule has 1 unspecified atom stereocenters. The molecule has 0 saturated heterocycles. The van der Waals surface area contributed by atoms with Crippen molar-refractivity contribution < 1.29 is 9.13 Å². The van der Waals surface area contributed by atoms with E-state index in [1.807, 2.05) is 37.4 Å². The third-order valence-corrected chi connectivity index (χ3v) is 4.13. The molecule has 0 bridgehead atoms. The minimum absolute atomic E-state index is 0.274. The van der Waals surface area contributed by atoms with Gasteiger partial charge in [-0.25, -0.2) is 4.39 Å². The number of hydrogen-bond donors (Lipinski definition) is 1. The van der Waals surface area contributed by atoms with Gasteiger partial charge in [-0.2, -0.15) is 0 Å². The molecule has 0 radical (unpaired) electrons. The van der Waals surface area contributed by atoms with E-state index in [1.165, 1.54) is 11.6 Å². The molecule has 2 aromatic rings. The number of benzene rings is 2. The van der Waals surface area contributed by atoms with E-state index in [4.69, 9.17) is 4.74 Å². The van der Waals surface area contributed by atoms with E-state index in [9.17, 15) is 4.39 Å². The maximum absolute atomic E-state index is 13.4. The highest BCUT2D eigenvalue weighted by molar-refractivity contribution is 9.10. The fourth-order valence-electron chi connectivity index (χ4n) is 1.84. The monoisotopic (exact) mass is 337 g/mol. The predicted molar refractivity (Wildman–Crippen MR) is 82.3 cm³/mol. The van der Waals surface area contributed by atoms with Crippen LogP contribution in [-0.4, -0.2) is 7.05 Å². The normalized spacial score (nSPS) is 12.2. The molecule has 0 aliphatic carbocycles. The number of hydrogen-bond acceptors (Lipinski definition) is 2. The van der Waals surface area contributed by atoms with Crippen LogP contribution in [0.1, 0.15) is 24.1 Å². The lowest BCUT2D eigenvalue weighted by Gasteiger charge is -2.12. The van der Waals surface area contributed by atoms with Crippen molar-refractivity contribution in [3.63, 3.8) is 0 Å². The number of nitrogens with one attached hydrogen (secondary N) is 1. The molecule has 0 aromatic heterocycles. The molecule has 0 spiro atoms. The molecule has 0 saturated carbocycles. The highest BCUT2D eigenvalue weighted by Crippen LogP contribution is 2.23. The second-order valence-corrected chi connectivity index (χ2v) is 5.37. The molecule has 0 heterocycles. The zero-order valence-corrected chi connectivity index (χ0v) is 13.1. The minimum atomic E-state index is -0.274. The number of rotatable bonds is 5. The van der Waals surface area contributed by atoms with Crippen LogP contribution in [0, 0.1) is 5.82 Å². The van der Waals surface area contributed by atoms with E-state index in [0.717, 1.165) is 11.3 Å². The van der Waals surface area contributed by atoms with Crippen molar-refractivity contribution in [1.29, 1.82) is 0 Å². The molecular formula is C16H17BrFNO. The van der Waals surface area contributed by atoms with Crippen molar-refractivity contribution in [2.24, 2.45) is 0 Å². The molecule has 2 nitrogen and oxygen atoms in total. The third kappa shape index (κ3) is 3.58. The Hall–Kier alpha value is -1.39. The van der Waals surface area contributed by atoms with Gasteiger partial charge in [0, 0.05) is 11.6 Å². The summed E-state index contributed by atoms with van der Waals surface area (Å²) in [6, 6.07) is 13.1. The average molecular weight is 338 g/mol. The van der Waals surface area contributed by atoms with Gasteiger partial charge in [-0.1, -0.05) is 24.3 Å². The third-order valence-electron chi connectivity index (χ3n) is 3.24. The molecule has 20 heavy (non-hydrogen) atoms. The van der Waals surface area contributed by atoms with E-state index in [1.54, 1.807) is 6.07 Å². The second kappa shape index (κ2) is 6.86. The summed E-state index contributed by atoms with van der Waals surface area (Å²) in [6.07, 6.45) is 0. The van der Waals surface area contributed by atoms with Crippen LogP contribution in [0.15, 0.2) is 46.9 Å². The van der Waals surface area contributed by atoms with E-state index in [2.05, 4.69) is 28.2 Å². The first-order valence-electron chi connectivity index (χ1n) is 6.44. The standard InChI is InChI=1S/C16H17BrFNO/c1-11(19-2)12-6-8-14(9-7-12)20-10-13-4-3-5-15(18)16(13)17/h3-9,11,19H,10H2,1-2H3.